The van der Waals surface area contributed by atoms with Crippen molar-refractivity contribution in [1.82, 2.24) is 4.98 Å². The Morgan fingerprint density at radius 1 is 1.64 bits per heavy atom. The number of nitrogens with zero attached hydrogens (tertiary/aromatic N) is 1. The van der Waals surface area contributed by atoms with Gasteiger partial charge in [-0.25, -0.2) is 13.8 Å². The van der Waals surface area contributed by atoms with Crippen molar-refractivity contribution in [1.29, 1.82) is 0 Å². The maximum Gasteiger partial charge on any atom is 0.281 e. The minimum Gasteiger partial charge on any atom is -0.481 e. The molecule has 0 N–H and O–H groups in total. The van der Waals surface area contributed by atoms with Crippen molar-refractivity contribution in [2.75, 3.05) is 7.11 Å². The Hall–Kier alpha value is -0.170. The number of hydrogen-bond donors (Lipinski definition) is 0. The Balaban J connectivity index is 3.27. The van der Waals surface area contributed by atoms with Crippen LogP contribution >= 0.6 is 34.2 Å². The lowest BCUT2D eigenvalue weighted by Gasteiger charge is -2.09. The first-order valence-electron chi connectivity index (χ1n) is 3.67. The number of aromatic nitrogens is 1. The van der Waals surface area contributed by atoms with Crippen LogP contribution in [0, 0.1) is 3.57 Å². The van der Waals surface area contributed by atoms with Crippen LogP contribution in [0.15, 0.2) is 6.07 Å². The average molecular weight is 334 g/mol. The van der Waals surface area contributed by atoms with Gasteiger partial charge in [-0.1, -0.05) is 0 Å². The maximum atomic E-state index is 12.5. The minimum atomic E-state index is -2.61. The summed E-state index contributed by atoms with van der Waals surface area (Å²) in [5.74, 6) is 0.327. The van der Waals surface area contributed by atoms with E-state index in [4.69, 9.17) is 16.3 Å². The van der Waals surface area contributed by atoms with Crippen molar-refractivity contribution >= 4 is 34.2 Å². The van der Waals surface area contributed by atoms with Crippen LogP contribution in [0.2, 0.25) is 0 Å². The van der Waals surface area contributed by atoms with Crippen LogP contribution in [0.1, 0.15) is 17.7 Å². The minimum absolute atomic E-state index is 0.163. The molecule has 0 unspecified atom stereocenters. The highest BCUT2D eigenvalue weighted by Crippen LogP contribution is 2.28. The molecule has 78 valence electrons. The Morgan fingerprint density at radius 3 is 2.71 bits per heavy atom. The summed E-state index contributed by atoms with van der Waals surface area (Å²) in [6.45, 7) is 0. The predicted octanol–water partition coefficient (Wildman–Crippen LogP) is 3.37. The highest BCUT2D eigenvalue weighted by molar-refractivity contribution is 14.1. The molecule has 0 aliphatic heterocycles. The van der Waals surface area contributed by atoms with Gasteiger partial charge in [-0.2, -0.15) is 0 Å². The second-order valence-electron chi connectivity index (χ2n) is 2.46. The monoisotopic (exact) mass is 333 g/mol. The Labute approximate surface area is 98.8 Å². The van der Waals surface area contributed by atoms with Crippen LogP contribution in [0.3, 0.4) is 0 Å². The number of alkyl halides is 3. The van der Waals surface area contributed by atoms with Crippen molar-refractivity contribution in [2.24, 2.45) is 0 Å². The molecule has 1 rings (SSSR count). The number of halogens is 4. The third kappa shape index (κ3) is 2.44. The molecule has 2 nitrogen and oxygen atoms in total. The molecule has 0 saturated carbocycles. The maximum absolute atomic E-state index is 12.5. The molecule has 0 aliphatic carbocycles. The fourth-order valence-corrected chi connectivity index (χ4v) is 2.06. The number of methoxy groups -OCH3 is 1. The smallest absolute Gasteiger partial charge is 0.281 e. The first kappa shape index (κ1) is 11.9. The lowest BCUT2D eigenvalue weighted by Crippen LogP contribution is -2.01. The third-order valence-corrected chi connectivity index (χ3v) is 3.13. The summed E-state index contributed by atoms with van der Waals surface area (Å²) >= 11 is 7.41. The van der Waals surface area contributed by atoms with Gasteiger partial charge in [-0.05, 0) is 28.2 Å². The van der Waals surface area contributed by atoms with Crippen molar-refractivity contribution < 1.29 is 13.5 Å². The van der Waals surface area contributed by atoms with Gasteiger partial charge in [0.15, 0.2) is 0 Å². The summed E-state index contributed by atoms with van der Waals surface area (Å²) in [6, 6.07) is 1.56. The Morgan fingerprint density at radius 2 is 2.29 bits per heavy atom. The third-order valence-electron chi connectivity index (χ3n) is 1.59. The summed E-state index contributed by atoms with van der Waals surface area (Å²) in [5, 5.41) is 0. The molecule has 0 radical (unpaired) electrons. The molecule has 1 aromatic heterocycles. The second kappa shape index (κ2) is 5.06. The first-order chi connectivity index (χ1) is 6.60. The zero-order valence-electron chi connectivity index (χ0n) is 7.23. The van der Waals surface area contributed by atoms with Crippen molar-refractivity contribution in [3.8, 4) is 5.88 Å². The van der Waals surface area contributed by atoms with Gasteiger partial charge in [-0.15, -0.1) is 11.6 Å². The van der Waals surface area contributed by atoms with Crippen LogP contribution in [0.25, 0.3) is 0 Å². The van der Waals surface area contributed by atoms with E-state index < -0.39 is 6.43 Å². The summed E-state index contributed by atoms with van der Waals surface area (Å²) in [7, 11) is 1.38. The summed E-state index contributed by atoms with van der Waals surface area (Å²) in [6.07, 6.45) is -2.61. The van der Waals surface area contributed by atoms with Gasteiger partial charge in [0.1, 0.15) is 5.69 Å². The molecule has 1 aromatic rings. The molecule has 0 spiro atoms. The molecule has 0 aliphatic rings. The highest BCUT2D eigenvalue weighted by atomic mass is 127. The summed E-state index contributed by atoms with van der Waals surface area (Å²) in [4.78, 5) is 3.66. The van der Waals surface area contributed by atoms with E-state index in [1.54, 1.807) is 28.7 Å². The number of ether oxygens (including phenoxy) is 1. The van der Waals surface area contributed by atoms with Gasteiger partial charge in [-0.3, -0.25) is 0 Å². The van der Waals surface area contributed by atoms with Crippen LogP contribution in [0.4, 0.5) is 8.78 Å². The predicted molar refractivity (Wildman–Crippen MR) is 58.0 cm³/mol. The Kier molecular flexibility index (Phi) is 4.31. The highest BCUT2D eigenvalue weighted by Gasteiger charge is 2.17. The standard InChI is InChI=1S/C8H7ClF2INO/c1-14-5-2-4(3-9)6(12)7(13-5)8(10)11/h2,8H,3H2,1H3. The largest absolute Gasteiger partial charge is 0.481 e. The van der Waals surface area contributed by atoms with Crippen molar-refractivity contribution in [2.45, 2.75) is 12.3 Å². The molecular weight excluding hydrogens is 326 g/mol. The van der Waals surface area contributed by atoms with Gasteiger partial charge >= 0.3 is 0 Å². The van der Waals surface area contributed by atoms with E-state index in [9.17, 15) is 8.78 Å². The number of hydrogen-bond acceptors (Lipinski definition) is 2. The van der Waals surface area contributed by atoms with E-state index in [1.165, 1.54) is 7.11 Å². The van der Waals surface area contributed by atoms with E-state index in [0.29, 0.717) is 9.13 Å². The van der Waals surface area contributed by atoms with Gasteiger partial charge in [0.2, 0.25) is 5.88 Å². The van der Waals surface area contributed by atoms with Crippen molar-refractivity contribution in [3.05, 3.63) is 20.9 Å². The molecule has 1 heterocycles. The SMILES string of the molecule is COc1cc(CCl)c(I)c(C(F)F)n1. The lowest BCUT2D eigenvalue weighted by atomic mass is 10.2. The van der Waals surface area contributed by atoms with Crippen LogP contribution in [0.5, 0.6) is 5.88 Å². The number of rotatable bonds is 3. The van der Waals surface area contributed by atoms with Crippen LogP contribution in [-0.4, -0.2) is 12.1 Å². The number of pyridine rings is 1. The molecule has 0 aromatic carbocycles. The second-order valence-corrected chi connectivity index (χ2v) is 3.80. The van der Waals surface area contributed by atoms with Gasteiger partial charge in [0.05, 0.1) is 7.11 Å². The molecule has 0 atom stereocenters. The molecule has 0 bridgehead atoms. The van der Waals surface area contributed by atoms with E-state index in [-0.39, 0.29) is 17.5 Å². The summed E-state index contributed by atoms with van der Waals surface area (Å²) in [5.41, 5.74) is 0.329. The van der Waals surface area contributed by atoms with Gasteiger partial charge in [0, 0.05) is 15.5 Å². The quantitative estimate of drug-likeness (QED) is 0.625. The van der Waals surface area contributed by atoms with Crippen LogP contribution < -0.4 is 4.74 Å². The molecule has 0 amide bonds. The molecule has 14 heavy (non-hydrogen) atoms. The fraction of sp³-hybridized carbons (Fsp3) is 0.375. The first-order valence-corrected chi connectivity index (χ1v) is 5.29. The van der Waals surface area contributed by atoms with E-state index in [0.717, 1.165) is 0 Å². The van der Waals surface area contributed by atoms with Crippen molar-refractivity contribution in [3.63, 3.8) is 0 Å². The van der Waals surface area contributed by atoms with Gasteiger partial charge < -0.3 is 4.74 Å². The lowest BCUT2D eigenvalue weighted by molar-refractivity contribution is 0.144. The fourth-order valence-electron chi connectivity index (χ4n) is 0.923. The van der Waals surface area contributed by atoms with E-state index in [1.807, 2.05) is 0 Å². The zero-order valence-corrected chi connectivity index (χ0v) is 10.1. The Bertz CT molecular complexity index is 335. The normalized spacial score (nSPS) is 10.7. The molecule has 0 fully saturated rings. The average Bonchev–Trinajstić information content (AvgIpc) is 2.17. The molecular formula is C8H7ClF2INO. The molecule has 0 saturated heterocycles. The van der Waals surface area contributed by atoms with Gasteiger partial charge in [0.25, 0.3) is 6.43 Å². The summed E-state index contributed by atoms with van der Waals surface area (Å²) < 4.78 is 30.2. The van der Waals surface area contributed by atoms with E-state index in [2.05, 4.69) is 4.98 Å². The van der Waals surface area contributed by atoms with Crippen LogP contribution in [-0.2, 0) is 5.88 Å². The topological polar surface area (TPSA) is 22.1 Å². The van der Waals surface area contributed by atoms with E-state index >= 15 is 0 Å². The zero-order chi connectivity index (χ0) is 10.7. The molecule has 6 heteroatoms.